The molecular formula is C26H28FN7O2. The molecule has 1 amide bonds. The summed E-state index contributed by atoms with van der Waals surface area (Å²) >= 11 is 0. The number of carbonyl (C=O) groups is 1. The van der Waals surface area contributed by atoms with Gasteiger partial charge in [-0.25, -0.2) is 9.37 Å². The number of piperidine rings is 1. The molecule has 0 unspecified atom stereocenters. The minimum atomic E-state index is -1.11. The number of likely N-dealkylation sites (tertiary alicyclic amines) is 1. The number of rotatable bonds is 5. The topological polar surface area (TPSA) is 122 Å². The Balaban J connectivity index is 1.22. The summed E-state index contributed by atoms with van der Waals surface area (Å²) in [5, 5.41) is 18.8. The zero-order valence-corrected chi connectivity index (χ0v) is 20.0. The van der Waals surface area contributed by atoms with Crippen LogP contribution in [0.15, 0.2) is 36.7 Å². The fourth-order valence-electron chi connectivity index (χ4n) is 4.92. The van der Waals surface area contributed by atoms with Crippen molar-refractivity contribution >= 4 is 28.3 Å². The van der Waals surface area contributed by atoms with Crippen molar-refractivity contribution in [2.24, 2.45) is 0 Å². The van der Waals surface area contributed by atoms with Crippen LogP contribution in [0.4, 0.5) is 10.2 Å². The maximum absolute atomic E-state index is 13.8. The number of nitrogens with one attached hydrogen (secondary N) is 1. The summed E-state index contributed by atoms with van der Waals surface area (Å²) in [5.74, 6) is 0.0723. The minimum absolute atomic E-state index is 0.129. The maximum atomic E-state index is 13.8. The number of amides is 1. The average Bonchev–Trinajstić information content (AvgIpc) is 3.50. The number of fused-ring (bicyclic) bond motifs is 2. The van der Waals surface area contributed by atoms with Gasteiger partial charge < -0.3 is 21.1 Å². The van der Waals surface area contributed by atoms with Crippen molar-refractivity contribution < 1.29 is 14.3 Å². The largest absolute Gasteiger partial charge is 0.383 e. The molecule has 0 spiro atoms. The first kappa shape index (κ1) is 22.8. The lowest BCUT2D eigenvalue weighted by Gasteiger charge is -2.33. The monoisotopic (exact) mass is 489 g/mol. The van der Waals surface area contributed by atoms with Gasteiger partial charge >= 0.3 is 0 Å². The van der Waals surface area contributed by atoms with Gasteiger partial charge in [-0.05, 0) is 56.9 Å². The Bertz CT molecular complexity index is 1490. The number of anilines is 1. The summed E-state index contributed by atoms with van der Waals surface area (Å²) < 4.78 is 15.4. The number of aromatic nitrogens is 4. The van der Waals surface area contributed by atoms with Crippen molar-refractivity contribution in [3.63, 3.8) is 0 Å². The van der Waals surface area contributed by atoms with E-state index in [-0.39, 0.29) is 17.8 Å². The van der Waals surface area contributed by atoms with E-state index in [9.17, 15) is 14.3 Å². The highest BCUT2D eigenvalue weighted by Crippen LogP contribution is 2.37. The van der Waals surface area contributed by atoms with Crippen LogP contribution in [0.3, 0.4) is 0 Å². The van der Waals surface area contributed by atoms with Crippen molar-refractivity contribution in [3.8, 4) is 11.1 Å². The third kappa shape index (κ3) is 3.96. The van der Waals surface area contributed by atoms with Crippen molar-refractivity contribution in [1.29, 1.82) is 0 Å². The van der Waals surface area contributed by atoms with Crippen LogP contribution in [-0.2, 0) is 11.3 Å². The van der Waals surface area contributed by atoms with Crippen LogP contribution < -0.4 is 11.1 Å². The highest BCUT2D eigenvalue weighted by molar-refractivity contribution is 5.88. The summed E-state index contributed by atoms with van der Waals surface area (Å²) in [5.41, 5.74) is 9.88. The second-order valence-corrected chi connectivity index (χ2v) is 9.90. The van der Waals surface area contributed by atoms with Crippen molar-refractivity contribution in [3.05, 3.63) is 53.7 Å². The van der Waals surface area contributed by atoms with Crippen LogP contribution >= 0.6 is 0 Å². The smallest absolute Gasteiger partial charge is 0.254 e. The van der Waals surface area contributed by atoms with Gasteiger partial charge in [0, 0.05) is 53.9 Å². The molecule has 2 fully saturated rings. The van der Waals surface area contributed by atoms with Crippen molar-refractivity contribution in [2.45, 2.75) is 50.8 Å². The molecule has 3 aromatic heterocycles. The predicted molar refractivity (Wildman–Crippen MR) is 133 cm³/mol. The molecule has 1 aromatic carbocycles. The number of nitrogens with two attached hydrogens (primary N) is 1. The normalized spacial score (nSPS) is 17.7. The van der Waals surface area contributed by atoms with Gasteiger partial charge in [0.05, 0.1) is 17.4 Å². The van der Waals surface area contributed by atoms with Gasteiger partial charge in [0.2, 0.25) is 0 Å². The number of nitrogens with zero attached hydrogens (tertiary/aromatic N) is 5. The molecule has 6 rings (SSSR count). The van der Waals surface area contributed by atoms with E-state index in [2.05, 4.69) is 15.4 Å². The number of aliphatic hydroxyl groups is 1. The standard InChI is InChI=1S/C26H28FN7O2/c1-15-22(14-29-19-4-8-33(9-5-19)25(35)26(36)6-7-26)32-24-20(13-31-34(24)23(15)28)17-10-16-11-18(27)2-3-21(16)30-12-17/h2-3,10-13,19,29,36H,4-9,14,28H2,1H3. The van der Waals surface area contributed by atoms with Crippen molar-refractivity contribution in [2.75, 3.05) is 18.8 Å². The second kappa shape index (κ2) is 8.49. The molecule has 4 heterocycles. The molecule has 4 aromatic rings. The van der Waals surface area contributed by atoms with E-state index in [0.29, 0.717) is 54.8 Å². The van der Waals surface area contributed by atoms with Crippen LogP contribution in [0.25, 0.3) is 27.7 Å². The molecule has 186 valence electrons. The van der Waals surface area contributed by atoms with Gasteiger partial charge in [-0.1, -0.05) is 0 Å². The zero-order valence-electron chi connectivity index (χ0n) is 20.0. The lowest BCUT2D eigenvalue weighted by molar-refractivity contribution is -0.143. The lowest BCUT2D eigenvalue weighted by atomic mass is 10.0. The van der Waals surface area contributed by atoms with E-state index < -0.39 is 5.60 Å². The molecule has 9 nitrogen and oxygen atoms in total. The Morgan fingerprint density at radius 3 is 2.78 bits per heavy atom. The van der Waals surface area contributed by atoms with Gasteiger partial charge in [-0.15, -0.1) is 0 Å². The third-order valence-corrected chi connectivity index (χ3v) is 7.45. The molecule has 1 saturated carbocycles. The number of nitrogen functional groups attached to an aromatic ring is 1. The average molecular weight is 490 g/mol. The first-order valence-corrected chi connectivity index (χ1v) is 12.3. The van der Waals surface area contributed by atoms with E-state index in [1.165, 1.54) is 12.1 Å². The fraction of sp³-hybridized carbons (Fsp3) is 0.385. The summed E-state index contributed by atoms with van der Waals surface area (Å²) in [6.07, 6.45) is 6.22. The number of hydrogen-bond acceptors (Lipinski definition) is 7. The maximum Gasteiger partial charge on any atom is 0.254 e. The van der Waals surface area contributed by atoms with Crippen LogP contribution in [0.2, 0.25) is 0 Å². The molecule has 2 aliphatic rings. The lowest BCUT2D eigenvalue weighted by Crippen LogP contribution is -2.48. The minimum Gasteiger partial charge on any atom is -0.383 e. The molecule has 36 heavy (non-hydrogen) atoms. The second-order valence-electron chi connectivity index (χ2n) is 9.90. The van der Waals surface area contributed by atoms with Crippen LogP contribution in [0.5, 0.6) is 0 Å². The number of hydrogen-bond donors (Lipinski definition) is 3. The quantitative estimate of drug-likeness (QED) is 0.394. The zero-order chi connectivity index (χ0) is 25.0. The summed E-state index contributed by atoms with van der Waals surface area (Å²) in [6, 6.07) is 6.63. The highest BCUT2D eigenvalue weighted by atomic mass is 19.1. The Kier molecular flexibility index (Phi) is 5.38. The summed E-state index contributed by atoms with van der Waals surface area (Å²) in [6.45, 7) is 3.72. The van der Waals surface area contributed by atoms with Gasteiger partial charge in [0.25, 0.3) is 5.91 Å². The molecule has 0 radical (unpaired) electrons. The molecule has 1 saturated heterocycles. The SMILES string of the molecule is Cc1c(CNC2CCN(C(=O)C3(O)CC3)CC2)nc2c(-c3cnc4ccc(F)cc4c3)cnn2c1N. The first-order chi connectivity index (χ1) is 17.3. The summed E-state index contributed by atoms with van der Waals surface area (Å²) in [7, 11) is 0. The van der Waals surface area contributed by atoms with Crippen LogP contribution in [0.1, 0.15) is 36.9 Å². The van der Waals surface area contributed by atoms with Gasteiger partial charge in [0.1, 0.15) is 17.2 Å². The van der Waals surface area contributed by atoms with E-state index in [0.717, 1.165) is 35.2 Å². The molecule has 1 aliphatic heterocycles. The highest BCUT2D eigenvalue weighted by Gasteiger charge is 2.50. The van der Waals surface area contributed by atoms with Gasteiger partial charge in [-0.3, -0.25) is 9.78 Å². The first-order valence-electron chi connectivity index (χ1n) is 12.3. The molecular weight excluding hydrogens is 461 g/mol. The van der Waals surface area contributed by atoms with Crippen LogP contribution in [-0.4, -0.2) is 60.2 Å². The van der Waals surface area contributed by atoms with E-state index in [1.54, 1.807) is 27.9 Å². The van der Waals surface area contributed by atoms with Gasteiger partial charge in [-0.2, -0.15) is 9.61 Å². The Morgan fingerprint density at radius 1 is 1.25 bits per heavy atom. The van der Waals surface area contributed by atoms with E-state index in [4.69, 9.17) is 10.7 Å². The Morgan fingerprint density at radius 2 is 2.03 bits per heavy atom. The number of carbonyl (C=O) groups excluding carboxylic acids is 1. The van der Waals surface area contributed by atoms with Crippen LogP contribution in [0, 0.1) is 12.7 Å². The summed E-state index contributed by atoms with van der Waals surface area (Å²) in [4.78, 5) is 23.5. The van der Waals surface area contributed by atoms with E-state index >= 15 is 0 Å². The molecule has 0 bridgehead atoms. The number of benzene rings is 1. The van der Waals surface area contributed by atoms with Crippen molar-refractivity contribution in [1.82, 2.24) is 29.8 Å². The fourth-order valence-corrected chi connectivity index (χ4v) is 4.92. The van der Waals surface area contributed by atoms with E-state index in [1.807, 2.05) is 13.0 Å². The molecule has 4 N–H and O–H groups in total. The third-order valence-electron chi connectivity index (χ3n) is 7.45. The number of pyridine rings is 1. The molecule has 1 aliphatic carbocycles. The Labute approximate surface area is 207 Å². The van der Waals surface area contributed by atoms with Gasteiger partial charge in [0.15, 0.2) is 5.65 Å². The molecule has 0 atom stereocenters. The number of halogens is 1. The molecule has 10 heteroatoms. The Hall–Kier alpha value is -3.63. The predicted octanol–water partition coefficient (Wildman–Crippen LogP) is 2.58.